The summed E-state index contributed by atoms with van der Waals surface area (Å²) >= 11 is 0. The predicted molar refractivity (Wildman–Crippen MR) is 93.6 cm³/mol. The van der Waals surface area contributed by atoms with Gasteiger partial charge in [-0.1, -0.05) is 12.1 Å². The number of carboxylic acid groups (broad SMARTS) is 1. The van der Waals surface area contributed by atoms with Crippen molar-refractivity contribution in [2.24, 2.45) is 0 Å². The zero-order valence-electron chi connectivity index (χ0n) is 14.8. The van der Waals surface area contributed by atoms with Gasteiger partial charge in [0.05, 0.1) is 6.10 Å². The normalized spacial score (nSPS) is 16.6. The summed E-state index contributed by atoms with van der Waals surface area (Å²) in [7, 11) is 0. The van der Waals surface area contributed by atoms with Crippen LogP contribution in [0.4, 0.5) is 0 Å². The molecule has 1 aliphatic heterocycles. The summed E-state index contributed by atoms with van der Waals surface area (Å²) in [5.74, 6) is -0.120. The topological polar surface area (TPSA) is 84.9 Å². The van der Waals surface area contributed by atoms with E-state index in [0.29, 0.717) is 32.4 Å². The lowest BCUT2D eigenvalue weighted by Crippen LogP contribution is -2.23. The highest BCUT2D eigenvalue weighted by atomic mass is 16.5. The minimum absolute atomic E-state index is 0.0731. The fourth-order valence-corrected chi connectivity index (χ4v) is 2.74. The van der Waals surface area contributed by atoms with Crippen LogP contribution in [-0.2, 0) is 20.9 Å². The summed E-state index contributed by atoms with van der Waals surface area (Å²) in [5.41, 5.74) is 2.04. The van der Waals surface area contributed by atoms with Crippen LogP contribution in [0.5, 0.6) is 5.75 Å². The quantitative estimate of drug-likeness (QED) is 0.635. The van der Waals surface area contributed by atoms with Gasteiger partial charge < -0.3 is 19.9 Å². The number of hydrogen-bond acceptors (Lipinski definition) is 4. The van der Waals surface area contributed by atoms with Crippen LogP contribution in [0, 0.1) is 6.92 Å². The van der Waals surface area contributed by atoms with E-state index in [0.717, 1.165) is 36.3 Å². The first-order chi connectivity index (χ1) is 12.0. The fraction of sp³-hybridized carbons (Fsp3) is 0.579. The van der Waals surface area contributed by atoms with Gasteiger partial charge in [0.15, 0.2) is 0 Å². The minimum atomic E-state index is -0.826. The average Bonchev–Trinajstić information content (AvgIpc) is 3.09. The Bertz CT molecular complexity index is 581. The molecule has 0 bridgehead atoms. The van der Waals surface area contributed by atoms with Crippen LogP contribution < -0.4 is 10.1 Å². The molecule has 0 spiro atoms. The highest BCUT2D eigenvalue weighted by molar-refractivity contribution is 5.76. The van der Waals surface area contributed by atoms with E-state index in [1.807, 2.05) is 25.1 Å². The molecule has 1 aliphatic rings. The molecular weight excluding hydrogens is 322 g/mol. The van der Waals surface area contributed by atoms with Gasteiger partial charge in [-0.05, 0) is 44.2 Å². The van der Waals surface area contributed by atoms with Crippen LogP contribution >= 0.6 is 0 Å². The number of ether oxygens (including phenoxy) is 2. The molecule has 6 nitrogen and oxygen atoms in total. The molecule has 0 radical (unpaired) electrons. The smallest absolute Gasteiger partial charge is 0.303 e. The number of aryl methyl sites for hydroxylation is 1. The lowest BCUT2D eigenvalue weighted by atomic mass is 10.1. The molecule has 25 heavy (non-hydrogen) atoms. The Morgan fingerprint density at radius 1 is 1.32 bits per heavy atom. The van der Waals surface area contributed by atoms with E-state index in [2.05, 4.69) is 5.32 Å². The molecule has 1 atom stereocenters. The Kier molecular flexibility index (Phi) is 7.73. The molecule has 0 aromatic heterocycles. The maximum absolute atomic E-state index is 11.9. The summed E-state index contributed by atoms with van der Waals surface area (Å²) < 4.78 is 11.5. The van der Waals surface area contributed by atoms with E-state index in [4.69, 9.17) is 14.6 Å². The molecule has 1 amide bonds. The Labute approximate surface area is 148 Å². The highest BCUT2D eigenvalue weighted by Crippen LogP contribution is 2.22. The zero-order valence-corrected chi connectivity index (χ0v) is 14.8. The van der Waals surface area contributed by atoms with E-state index >= 15 is 0 Å². The monoisotopic (exact) mass is 349 g/mol. The van der Waals surface area contributed by atoms with Crippen molar-refractivity contribution in [3.05, 3.63) is 29.3 Å². The number of amides is 1. The maximum atomic E-state index is 11.9. The van der Waals surface area contributed by atoms with Crippen LogP contribution in [0.2, 0.25) is 0 Å². The molecule has 138 valence electrons. The summed E-state index contributed by atoms with van der Waals surface area (Å²) in [6, 6.07) is 5.93. The number of hydrogen-bond donors (Lipinski definition) is 2. The van der Waals surface area contributed by atoms with Crippen molar-refractivity contribution in [1.82, 2.24) is 5.32 Å². The first kappa shape index (κ1) is 19.2. The van der Waals surface area contributed by atoms with Crippen molar-refractivity contribution < 1.29 is 24.2 Å². The van der Waals surface area contributed by atoms with Gasteiger partial charge in [0.25, 0.3) is 0 Å². The van der Waals surface area contributed by atoms with E-state index in [1.165, 1.54) is 0 Å². The van der Waals surface area contributed by atoms with E-state index in [-0.39, 0.29) is 18.4 Å². The highest BCUT2D eigenvalue weighted by Gasteiger charge is 2.17. The maximum Gasteiger partial charge on any atom is 0.303 e. The molecule has 1 aromatic rings. The predicted octanol–water partition coefficient (Wildman–Crippen LogP) is 2.81. The number of carbonyl (C=O) groups is 2. The van der Waals surface area contributed by atoms with E-state index in [1.54, 1.807) is 0 Å². The van der Waals surface area contributed by atoms with Crippen molar-refractivity contribution in [2.75, 3.05) is 13.2 Å². The third kappa shape index (κ3) is 7.13. The molecule has 1 fully saturated rings. The van der Waals surface area contributed by atoms with Crippen molar-refractivity contribution >= 4 is 11.9 Å². The molecular formula is C19H27NO5. The standard InChI is InChI=1S/C19H27NO5/c1-14-8-9-15(12-20-18(21)6-2-3-7-19(22)23)17(11-14)25-13-16-5-4-10-24-16/h8-9,11,16H,2-7,10,12-13H2,1H3,(H,20,21)(H,22,23). The Morgan fingerprint density at radius 3 is 2.84 bits per heavy atom. The molecule has 2 N–H and O–H groups in total. The number of carbonyl (C=O) groups excluding carboxylic acids is 1. The van der Waals surface area contributed by atoms with Gasteiger partial charge in [0, 0.05) is 31.6 Å². The number of benzene rings is 1. The Hall–Kier alpha value is -2.08. The Balaban J connectivity index is 1.79. The molecule has 1 aromatic carbocycles. The second kappa shape index (κ2) is 10.0. The molecule has 0 aliphatic carbocycles. The van der Waals surface area contributed by atoms with E-state index in [9.17, 15) is 9.59 Å². The largest absolute Gasteiger partial charge is 0.491 e. The second-order valence-corrected chi connectivity index (χ2v) is 6.43. The van der Waals surface area contributed by atoms with Gasteiger partial charge >= 0.3 is 5.97 Å². The number of carboxylic acids is 1. The van der Waals surface area contributed by atoms with E-state index < -0.39 is 5.97 Å². The van der Waals surface area contributed by atoms with Crippen molar-refractivity contribution in [2.45, 2.75) is 58.1 Å². The number of aliphatic carboxylic acids is 1. The van der Waals surface area contributed by atoms with Gasteiger partial charge in [-0.15, -0.1) is 0 Å². The van der Waals surface area contributed by atoms with Crippen molar-refractivity contribution in [1.29, 1.82) is 0 Å². The number of nitrogens with one attached hydrogen (secondary N) is 1. The molecule has 0 saturated carbocycles. The summed E-state index contributed by atoms with van der Waals surface area (Å²) in [5, 5.41) is 11.5. The Morgan fingerprint density at radius 2 is 2.12 bits per heavy atom. The van der Waals surface area contributed by atoms with Gasteiger partial charge in [0.1, 0.15) is 12.4 Å². The van der Waals surface area contributed by atoms with Gasteiger partial charge in [0.2, 0.25) is 5.91 Å². The average molecular weight is 349 g/mol. The third-order valence-corrected chi connectivity index (χ3v) is 4.19. The zero-order chi connectivity index (χ0) is 18.1. The third-order valence-electron chi connectivity index (χ3n) is 4.19. The van der Waals surface area contributed by atoms with Crippen LogP contribution in [0.25, 0.3) is 0 Å². The summed E-state index contributed by atoms with van der Waals surface area (Å²) in [4.78, 5) is 22.3. The lowest BCUT2D eigenvalue weighted by Gasteiger charge is -2.16. The van der Waals surface area contributed by atoms with Gasteiger partial charge in [-0.25, -0.2) is 0 Å². The molecule has 2 rings (SSSR count). The first-order valence-electron chi connectivity index (χ1n) is 8.87. The SMILES string of the molecule is Cc1ccc(CNC(=O)CCCCC(=O)O)c(OCC2CCCO2)c1. The van der Waals surface area contributed by atoms with Crippen LogP contribution in [0.15, 0.2) is 18.2 Å². The van der Waals surface area contributed by atoms with Crippen LogP contribution in [0.3, 0.4) is 0 Å². The summed E-state index contributed by atoms with van der Waals surface area (Å²) in [6.45, 7) is 3.73. The number of rotatable bonds is 10. The molecule has 1 unspecified atom stereocenters. The van der Waals surface area contributed by atoms with Crippen molar-refractivity contribution in [3.8, 4) is 5.75 Å². The van der Waals surface area contributed by atoms with Crippen LogP contribution in [-0.4, -0.2) is 36.3 Å². The molecule has 1 heterocycles. The summed E-state index contributed by atoms with van der Waals surface area (Å²) in [6.07, 6.45) is 3.79. The molecule has 1 saturated heterocycles. The second-order valence-electron chi connectivity index (χ2n) is 6.43. The first-order valence-corrected chi connectivity index (χ1v) is 8.87. The lowest BCUT2D eigenvalue weighted by molar-refractivity contribution is -0.137. The van der Waals surface area contributed by atoms with Crippen molar-refractivity contribution in [3.63, 3.8) is 0 Å². The fourth-order valence-electron chi connectivity index (χ4n) is 2.74. The van der Waals surface area contributed by atoms with Gasteiger partial charge in [-0.2, -0.15) is 0 Å². The minimum Gasteiger partial charge on any atom is -0.491 e. The molecule has 6 heteroatoms. The number of unbranched alkanes of at least 4 members (excludes halogenated alkanes) is 1. The van der Waals surface area contributed by atoms with Gasteiger partial charge in [-0.3, -0.25) is 9.59 Å². The van der Waals surface area contributed by atoms with Crippen LogP contribution in [0.1, 0.15) is 49.7 Å².